The highest BCUT2D eigenvalue weighted by Gasteiger charge is 2.28. The third-order valence-corrected chi connectivity index (χ3v) is 4.42. The minimum atomic E-state index is -0.655. The van der Waals surface area contributed by atoms with Crippen molar-refractivity contribution in [2.75, 3.05) is 24.5 Å². The maximum atomic E-state index is 12.4. The number of amides is 2. The van der Waals surface area contributed by atoms with Crippen LogP contribution in [0.3, 0.4) is 0 Å². The molecule has 0 unspecified atom stereocenters. The molecular weight excluding hydrogens is 360 g/mol. The first-order valence-corrected chi connectivity index (χ1v) is 8.37. The molecule has 3 rings (SSSR count). The minimum absolute atomic E-state index is 0.0809. The van der Waals surface area contributed by atoms with E-state index in [0.717, 1.165) is 4.57 Å². The number of hydrogen-bond acceptors (Lipinski definition) is 4. The predicted octanol–water partition coefficient (Wildman–Crippen LogP) is 0.374. The molecular formula is C17H17ClN4O4. The number of aryl methyl sites for hydroxylation is 1. The summed E-state index contributed by atoms with van der Waals surface area (Å²) in [6.45, 7) is 1.91. The van der Waals surface area contributed by atoms with E-state index in [2.05, 4.69) is 4.98 Å². The Morgan fingerprint density at radius 1 is 1.23 bits per heavy atom. The van der Waals surface area contributed by atoms with Gasteiger partial charge in [-0.15, -0.1) is 0 Å². The van der Waals surface area contributed by atoms with Gasteiger partial charge >= 0.3 is 5.69 Å². The molecule has 0 radical (unpaired) electrons. The summed E-state index contributed by atoms with van der Waals surface area (Å²) < 4.78 is 1.13. The monoisotopic (exact) mass is 376 g/mol. The number of carbonyl (C=O) groups excluding carboxylic acids is 2. The van der Waals surface area contributed by atoms with E-state index in [-0.39, 0.29) is 24.9 Å². The molecule has 2 aromatic rings. The molecule has 2 amide bonds. The van der Waals surface area contributed by atoms with E-state index in [1.165, 1.54) is 11.1 Å². The fourth-order valence-corrected chi connectivity index (χ4v) is 2.97. The number of aromatic nitrogens is 2. The molecule has 0 saturated carbocycles. The zero-order chi connectivity index (χ0) is 18.8. The van der Waals surface area contributed by atoms with Crippen molar-refractivity contribution in [2.45, 2.75) is 13.5 Å². The summed E-state index contributed by atoms with van der Waals surface area (Å²) in [6, 6.07) is 6.95. The maximum Gasteiger partial charge on any atom is 0.328 e. The number of H-pyrrole nitrogens is 1. The number of piperazine rings is 1. The maximum absolute atomic E-state index is 12.4. The first kappa shape index (κ1) is 17.9. The lowest BCUT2D eigenvalue weighted by Crippen LogP contribution is -2.53. The van der Waals surface area contributed by atoms with Crippen LogP contribution in [0.2, 0.25) is 5.02 Å². The van der Waals surface area contributed by atoms with Crippen molar-refractivity contribution >= 4 is 29.1 Å². The molecule has 136 valence electrons. The molecule has 8 nitrogen and oxygen atoms in total. The molecule has 1 aromatic heterocycles. The molecule has 1 aliphatic heterocycles. The van der Waals surface area contributed by atoms with Crippen LogP contribution in [0.15, 0.2) is 40.1 Å². The highest BCUT2D eigenvalue weighted by atomic mass is 35.5. The molecule has 1 N–H and O–H groups in total. The second kappa shape index (κ2) is 7.17. The van der Waals surface area contributed by atoms with Gasteiger partial charge in [-0.3, -0.25) is 23.9 Å². The van der Waals surface area contributed by atoms with Gasteiger partial charge in [-0.2, -0.15) is 0 Å². The average Bonchev–Trinajstić information content (AvgIpc) is 2.59. The van der Waals surface area contributed by atoms with E-state index in [4.69, 9.17) is 11.6 Å². The normalized spacial score (nSPS) is 14.6. The zero-order valence-electron chi connectivity index (χ0n) is 14.1. The molecule has 9 heteroatoms. The quantitative estimate of drug-likeness (QED) is 0.837. The summed E-state index contributed by atoms with van der Waals surface area (Å²) in [7, 11) is 0. The van der Waals surface area contributed by atoms with Gasteiger partial charge in [0.2, 0.25) is 11.8 Å². The Balaban J connectivity index is 1.70. The van der Waals surface area contributed by atoms with E-state index >= 15 is 0 Å². The lowest BCUT2D eigenvalue weighted by Gasteiger charge is -2.34. The first-order chi connectivity index (χ1) is 12.3. The van der Waals surface area contributed by atoms with Crippen LogP contribution in [-0.2, 0) is 16.1 Å². The van der Waals surface area contributed by atoms with E-state index in [1.54, 1.807) is 36.1 Å². The topological polar surface area (TPSA) is 95.5 Å². The van der Waals surface area contributed by atoms with Crippen LogP contribution in [0, 0.1) is 6.92 Å². The summed E-state index contributed by atoms with van der Waals surface area (Å²) in [4.78, 5) is 53.2. The van der Waals surface area contributed by atoms with Gasteiger partial charge in [-0.25, -0.2) is 4.79 Å². The molecule has 26 heavy (non-hydrogen) atoms. The van der Waals surface area contributed by atoms with Crippen molar-refractivity contribution in [1.82, 2.24) is 14.5 Å². The Labute approximate surface area is 153 Å². The van der Waals surface area contributed by atoms with Gasteiger partial charge in [0.15, 0.2) is 0 Å². The van der Waals surface area contributed by atoms with Crippen molar-refractivity contribution in [3.05, 3.63) is 61.9 Å². The van der Waals surface area contributed by atoms with E-state index in [0.29, 0.717) is 29.4 Å². The van der Waals surface area contributed by atoms with E-state index in [9.17, 15) is 19.2 Å². The van der Waals surface area contributed by atoms with Crippen molar-refractivity contribution < 1.29 is 9.59 Å². The van der Waals surface area contributed by atoms with Gasteiger partial charge in [0.1, 0.15) is 13.1 Å². The first-order valence-electron chi connectivity index (χ1n) is 7.99. The lowest BCUT2D eigenvalue weighted by atomic mass is 10.2. The molecule has 1 saturated heterocycles. The fraction of sp³-hybridized carbons (Fsp3) is 0.294. The van der Waals surface area contributed by atoms with Crippen molar-refractivity contribution in [1.29, 1.82) is 0 Å². The number of aromatic amines is 1. The van der Waals surface area contributed by atoms with Crippen molar-refractivity contribution in [2.24, 2.45) is 0 Å². The number of halogens is 1. The van der Waals surface area contributed by atoms with Gasteiger partial charge in [0, 0.05) is 35.6 Å². The molecule has 1 fully saturated rings. The summed E-state index contributed by atoms with van der Waals surface area (Å²) in [5.74, 6) is -0.588. The highest BCUT2D eigenvalue weighted by Crippen LogP contribution is 2.21. The molecule has 0 aliphatic carbocycles. The molecule has 0 spiro atoms. The Morgan fingerprint density at radius 3 is 2.69 bits per heavy atom. The number of anilines is 1. The molecule has 1 aromatic carbocycles. The summed E-state index contributed by atoms with van der Waals surface area (Å²) in [5, 5.41) is 0.529. The largest absolute Gasteiger partial charge is 0.330 e. The number of nitrogens with one attached hydrogen (secondary N) is 1. The van der Waals surface area contributed by atoms with Crippen LogP contribution in [-0.4, -0.2) is 45.9 Å². The smallest absolute Gasteiger partial charge is 0.328 e. The van der Waals surface area contributed by atoms with Gasteiger partial charge in [0.05, 0.1) is 0 Å². The number of hydrogen-bond donors (Lipinski definition) is 1. The van der Waals surface area contributed by atoms with Crippen molar-refractivity contribution in [3.8, 4) is 0 Å². The Kier molecular flexibility index (Phi) is 4.94. The van der Waals surface area contributed by atoms with Crippen LogP contribution >= 0.6 is 11.6 Å². The fourth-order valence-electron chi connectivity index (χ4n) is 2.78. The highest BCUT2D eigenvalue weighted by molar-refractivity contribution is 6.30. The molecule has 2 heterocycles. The van der Waals surface area contributed by atoms with E-state index in [1.807, 2.05) is 0 Å². The standard InChI is InChI=1S/C17H17ClN4O4/c1-11-8-21(17(26)19-16(11)25)9-14(23)20-5-6-22(15(24)10-20)13-4-2-3-12(18)7-13/h2-4,7-8H,5-6,9-10H2,1H3,(H,19,25,26). The number of benzene rings is 1. The van der Waals surface area contributed by atoms with Gasteiger partial charge in [0.25, 0.3) is 5.56 Å². The van der Waals surface area contributed by atoms with E-state index < -0.39 is 11.2 Å². The van der Waals surface area contributed by atoms with Crippen LogP contribution in [0.25, 0.3) is 0 Å². The predicted molar refractivity (Wildman–Crippen MR) is 96.4 cm³/mol. The summed E-state index contributed by atoms with van der Waals surface area (Å²) in [5.41, 5.74) is -0.122. The Morgan fingerprint density at radius 2 is 2.00 bits per heavy atom. The van der Waals surface area contributed by atoms with Crippen LogP contribution < -0.4 is 16.1 Å². The Hall–Kier alpha value is -2.87. The van der Waals surface area contributed by atoms with Gasteiger partial charge in [-0.05, 0) is 25.1 Å². The average molecular weight is 377 g/mol. The van der Waals surface area contributed by atoms with Crippen LogP contribution in [0.1, 0.15) is 5.56 Å². The third-order valence-electron chi connectivity index (χ3n) is 4.19. The van der Waals surface area contributed by atoms with Gasteiger partial charge in [-0.1, -0.05) is 17.7 Å². The second-order valence-electron chi connectivity index (χ2n) is 6.04. The second-order valence-corrected chi connectivity index (χ2v) is 6.48. The molecule has 0 atom stereocenters. The number of carbonyl (C=O) groups is 2. The number of nitrogens with zero attached hydrogens (tertiary/aromatic N) is 3. The SMILES string of the molecule is Cc1cn(CC(=O)N2CCN(c3cccc(Cl)c3)C(=O)C2)c(=O)[nH]c1=O. The van der Waals surface area contributed by atoms with Gasteiger partial charge < -0.3 is 9.80 Å². The third kappa shape index (κ3) is 3.70. The molecule has 0 bridgehead atoms. The summed E-state index contributed by atoms with van der Waals surface area (Å²) >= 11 is 5.96. The lowest BCUT2D eigenvalue weighted by molar-refractivity contribution is -0.137. The molecule has 1 aliphatic rings. The van der Waals surface area contributed by atoms with Crippen LogP contribution in [0.5, 0.6) is 0 Å². The van der Waals surface area contributed by atoms with Crippen LogP contribution in [0.4, 0.5) is 5.69 Å². The minimum Gasteiger partial charge on any atom is -0.330 e. The number of rotatable bonds is 3. The Bertz CT molecular complexity index is 981. The van der Waals surface area contributed by atoms with Crippen molar-refractivity contribution in [3.63, 3.8) is 0 Å². The summed E-state index contributed by atoms with van der Waals surface area (Å²) in [6.07, 6.45) is 1.34. The zero-order valence-corrected chi connectivity index (χ0v) is 14.8.